The maximum Gasteiger partial charge on any atom is 0.573 e. The number of fused-ring (bicyclic) bond motifs is 2. The number of nitrogens with one attached hydrogen (secondary N) is 11. The second kappa shape index (κ2) is 38.4. The van der Waals surface area contributed by atoms with Crippen molar-refractivity contribution in [2.24, 2.45) is 35.5 Å². The Hall–Kier alpha value is -9.84. The van der Waals surface area contributed by atoms with Gasteiger partial charge in [0.05, 0.1) is 20.3 Å². The molecule has 3 aliphatic rings. The van der Waals surface area contributed by atoms with E-state index in [1.54, 1.807) is 20.8 Å². The van der Waals surface area contributed by atoms with Crippen molar-refractivity contribution in [3.8, 4) is 17.6 Å². The molecule has 0 spiro atoms. The van der Waals surface area contributed by atoms with E-state index >= 15 is 0 Å². The van der Waals surface area contributed by atoms with Crippen molar-refractivity contribution in [3.05, 3.63) is 59.9 Å². The van der Waals surface area contributed by atoms with Crippen molar-refractivity contribution in [1.82, 2.24) is 57.8 Å². The number of carbonyl (C=O) groups is 11. The molecule has 0 unspecified atom stereocenters. The summed E-state index contributed by atoms with van der Waals surface area (Å²) >= 11 is 0. The number of alkyl carbamates (subject to hydrolysis) is 1. The Labute approximate surface area is 591 Å². The quantitative estimate of drug-likeness (QED) is 0.0157. The minimum absolute atomic E-state index is 0.000195. The van der Waals surface area contributed by atoms with Gasteiger partial charge in [-0.05, 0) is 152 Å². The molecule has 0 bridgehead atoms. The number of aromatic amines is 2. The van der Waals surface area contributed by atoms with Crippen LogP contribution in [0.25, 0.3) is 21.8 Å². The number of aromatic nitrogens is 2. The van der Waals surface area contributed by atoms with Crippen molar-refractivity contribution < 1.29 is 103 Å². The van der Waals surface area contributed by atoms with E-state index in [4.69, 9.17) is 14.2 Å². The summed E-state index contributed by atoms with van der Waals surface area (Å²) in [4.78, 5) is 143. The van der Waals surface area contributed by atoms with Gasteiger partial charge < -0.3 is 81.5 Å². The highest BCUT2D eigenvalue weighted by Gasteiger charge is 2.38. The van der Waals surface area contributed by atoms with Gasteiger partial charge in [-0.15, -0.1) is 26.3 Å². The SMILES string of the molecule is CC(C)C[C@H](NC(=O)c1cc2c(OC(F)(F)F)cccc2[nH]1)C(=O)N[C@H](C#N)C[C@@H]1CCCNC1=O.COC(=O)[C@H](C[C@@H]1CCCNC1=O)NC(=O)[C@H](CC(C)C)NC(=O)OC(C)(C)C.COC(=O)[C@H](C[C@@H]1CCCNC1=O)NC(=O)[C@H](CC(C)C)NC(=O)c1cc2c(OC(F)(F)F)cccc2[nH]1. The molecule has 0 aliphatic carbocycles. The number of halogens is 6. The predicted molar refractivity (Wildman–Crippen MR) is 360 cm³/mol. The summed E-state index contributed by atoms with van der Waals surface area (Å²) in [5, 5.41) is 33.5. The summed E-state index contributed by atoms with van der Waals surface area (Å²) < 4.78 is 99.4. The van der Waals surface area contributed by atoms with Crippen LogP contribution in [0.4, 0.5) is 31.1 Å². The second-order valence-electron chi connectivity index (χ2n) is 27.5. The molecule has 2 aromatic carbocycles. The lowest BCUT2D eigenvalue weighted by Gasteiger charge is -2.28. The van der Waals surface area contributed by atoms with E-state index < -0.39 is 120 Å². The minimum Gasteiger partial charge on any atom is -0.467 e. The van der Waals surface area contributed by atoms with Crippen molar-refractivity contribution in [1.29, 1.82) is 5.26 Å². The van der Waals surface area contributed by atoms with Crippen LogP contribution < -0.4 is 57.3 Å². The standard InChI is InChI=1S/C25H31F3N4O6.C24H28F3N5O4.C20H35N3O6/c1-13(2)10-17(22(34)32-19(24(36)37-3)11-14-6-5-9-29-21(14)33)31-23(35)18-12-15-16(30-18)7-4-8-20(15)38-25(26,27)28;1-13(2)9-18(22(34)30-15(12-28)10-14-5-4-8-29-21(14)33)32-23(35)19-11-16-17(31-19)6-3-7-20(16)36-24(25,26)27;1-12(2)10-14(23-19(27)29-20(3,4)5)17(25)22-15(18(26)28-6)11-13-8-7-9-21-16(13)24/h4,7-8,12-14,17,19,30H,5-6,9-11H2,1-3H3,(H,29,33)(H,31,35)(H,32,34);3,6-7,11,13-15,18,31H,4-5,8-10H2,1-2H3,(H,29,33)(H,30,34)(H,32,35);12-15H,7-11H2,1-6H3,(H,21,24)(H,22,25)(H,23,27)/t14-,17-,19-;14-,15-,18-;13-,14-,15-/m000/s1. The van der Waals surface area contributed by atoms with Crippen LogP contribution in [0, 0.1) is 46.8 Å². The van der Waals surface area contributed by atoms with Gasteiger partial charge in [0, 0.05) is 59.2 Å². The molecule has 3 aliphatic heterocycles. The number of piperidine rings is 3. The summed E-state index contributed by atoms with van der Waals surface area (Å²) in [7, 11) is 2.40. The molecule has 7 rings (SSSR count). The third-order valence-electron chi connectivity index (χ3n) is 16.4. The van der Waals surface area contributed by atoms with Crippen LogP contribution in [0.1, 0.15) is 160 Å². The number of hydrogen-bond donors (Lipinski definition) is 11. The minimum atomic E-state index is -4.91. The van der Waals surface area contributed by atoms with Crippen LogP contribution in [-0.4, -0.2) is 164 Å². The van der Waals surface area contributed by atoms with Gasteiger partial charge in [0.15, 0.2) is 0 Å². The van der Waals surface area contributed by atoms with E-state index in [9.17, 15) is 84.3 Å². The number of benzene rings is 2. The Bertz CT molecular complexity index is 3660. The topological polar surface area (TPSA) is 398 Å². The fourth-order valence-corrected chi connectivity index (χ4v) is 11.7. The van der Waals surface area contributed by atoms with E-state index in [1.807, 2.05) is 47.6 Å². The highest BCUT2D eigenvalue weighted by Crippen LogP contribution is 2.33. The van der Waals surface area contributed by atoms with Crippen molar-refractivity contribution in [2.75, 3.05) is 33.9 Å². The molecule has 0 saturated carbocycles. The fraction of sp³-hybridized carbons (Fsp3) is 0.594. The molecule has 3 saturated heterocycles. The Balaban J connectivity index is 0.000000281. The van der Waals surface area contributed by atoms with Crippen LogP contribution in [-0.2, 0) is 52.6 Å². The number of carbonyl (C=O) groups excluding carboxylic acids is 11. The van der Waals surface area contributed by atoms with Crippen molar-refractivity contribution >= 4 is 87.1 Å². The number of nitriles is 1. The molecule has 9 atom stereocenters. The summed E-state index contributed by atoms with van der Waals surface area (Å²) in [6.45, 7) is 18.1. The van der Waals surface area contributed by atoms with Gasteiger partial charge in [0.2, 0.25) is 35.4 Å². The van der Waals surface area contributed by atoms with Crippen LogP contribution in [0.5, 0.6) is 11.5 Å². The maximum atomic E-state index is 13.2. The first-order chi connectivity index (χ1) is 48.3. The zero-order valence-corrected chi connectivity index (χ0v) is 59.4. The predicted octanol–water partition coefficient (Wildman–Crippen LogP) is 7.42. The Morgan fingerprint density at radius 1 is 0.515 bits per heavy atom. The van der Waals surface area contributed by atoms with Crippen molar-refractivity contribution in [2.45, 2.75) is 194 Å². The van der Waals surface area contributed by atoms with Gasteiger partial charge >= 0.3 is 30.8 Å². The molecule has 28 nitrogen and oxygen atoms in total. The summed E-state index contributed by atoms with van der Waals surface area (Å²) in [6, 6.07) is 6.38. The van der Waals surface area contributed by atoms with Crippen molar-refractivity contribution in [3.63, 3.8) is 0 Å². The average molecular weight is 1460 g/mol. The van der Waals surface area contributed by atoms with E-state index in [-0.39, 0.29) is 113 Å². The number of esters is 2. The molecule has 11 N–H and O–H groups in total. The smallest absolute Gasteiger partial charge is 0.467 e. The average Bonchev–Trinajstić information content (AvgIpc) is 1.67. The van der Waals surface area contributed by atoms with E-state index in [2.05, 4.69) is 67.3 Å². The highest BCUT2D eigenvalue weighted by molar-refractivity contribution is 6.03. The molecule has 5 heterocycles. The first-order valence-corrected chi connectivity index (χ1v) is 33.9. The van der Waals surface area contributed by atoms with Gasteiger partial charge in [-0.1, -0.05) is 53.7 Å². The first kappa shape index (κ1) is 83.8. The van der Waals surface area contributed by atoms with E-state index in [0.29, 0.717) is 45.3 Å². The normalized spacial score (nSPS) is 18.0. The van der Waals surface area contributed by atoms with E-state index in [0.717, 1.165) is 31.4 Å². The fourth-order valence-electron chi connectivity index (χ4n) is 11.7. The zero-order valence-electron chi connectivity index (χ0n) is 59.4. The Kier molecular flexibility index (Phi) is 31.3. The molecular weight excluding hydrogens is 1370 g/mol. The maximum absolute atomic E-state index is 13.2. The third kappa shape index (κ3) is 27.8. The molecule has 2 aromatic heterocycles. The highest BCUT2D eigenvalue weighted by atomic mass is 19.4. The lowest BCUT2D eigenvalue weighted by molar-refractivity contribution is -0.275. The number of H-pyrrole nitrogens is 2. The lowest BCUT2D eigenvalue weighted by Crippen LogP contribution is -2.54. The molecule has 3 fully saturated rings. The largest absolute Gasteiger partial charge is 0.573 e. The van der Waals surface area contributed by atoms with Crippen LogP contribution in [0.3, 0.4) is 0 Å². The molecular formula is C69H94F6N12O16. The van der Waals surface area contributed by atoms with Gasteiger partial charge in [-0.2, -0.15) is 5.26 Å². The number of alkyl halides is 6. The Morgan fingerprint density at radius 3 is 1.18 bits per heavy atom. The van der Waals surface area contributed by atoms with Gasteiger partial charge in [-0.3, -0.25) is 38.4 Å². The number of rotatable bonds is 27. The molecule has 0 radical (unpaired) electrons. The van der Waals surface area contributed by atoms with Crippen LogP contribution >= 0.6 is 0 Å². The summed E-state index contributed by atoms with van der Waals surface area (Å²) in [5.74, 6) is -7.17. The lowest BCUT2D eigenvalue weighted by atomic mass is 9.91. The zero-order chi connectivity index (χ0) is 76.7. The monoisotopic (exact) mass is 1460 g/mol. The summed E-state index contributed by atoms with van der Waals surface area (Å²) in [6.07, 6.45) is -5.21. The Morgan fingerprint density at radius 2 is 0.864 bits per heavy atom. The van der Waals surface area contributed by atoms with E-state index in [1.165, 1.54) is 50.6 Å². The second-order valence-corrected chi connectivity index (χ2v) is 27.5. The molecule has 568 valence electrons. The first-order valence-electron chi connectivity index (χ1n) is 33.9. The van der Waals surface area contributed by atoms with Crippen LogP contribution in [0.15, 0.2) is 48.5 Å². The summed E-state index contributed by atoms with van der Waals surface area (Å²) in [5.41, 5.74) is -0.352. The number of amides is 9. The van der Waals surface area contributed by atoms with Crippen LogP contribution in [0.2, 0.25) is 0 Å². The number of nitrogens with zero attached hydrogens (tertiary/aromatic N) is 1. The van der Waals surface area contributed by atoms with Gasteiger partial charge in [0.25, 0.3) is 11.8 Å². The number of ether oxygens (including phenoxy) is 5. The third-order valence-corrected chi connectivity index (χ3v) is 16.4. The van der Waals surface area contributed by atoms with Gasteiger partial charge in [-0.25, -0.2) is 14.4 Å². The molecule has 9 amide bonds. The number of hydrogen-bond acceptors (Lipinski definition) is 17. The molecule has 103 heavy (non-hydrogen) atoms. The molecule has 34 heteroatoms. The molecule has 4 aromatic rings. The number of methoxy groups -OCH3 is 2. The van der Waals surface area contributed by atoms with Gasteiger partial charge in [0.1, 0.15) is 64.7 Å².